The van der Waals surface area contributed by atoms with Crippen molar-refractivity contribution in [2.45, 2.75) is 45.6 Å². The van der Waals surface area contributed by atoms with Crippen LogP contribution >= 0.6 is 0 Å². The summed E-state index contributed by atoms with van der Waals surface area (Å²) in [6.07, 6.45) is 6.63. The monoisotopic (exact) mass is 271 g/mol. The minimum atomic E-state index is 0.755. The number of aryl methyl sites for hydroxylation is 2. The first kappa shape index (κ1) is 13.1. The third-order valence-corrected chi connectivity index (χ3v) is 4.11. The van der Waals surface area contributed by atoms with Gasteiger partial charge in [-0.05, 0) is 53.5 Å². The highest BCUT2D eigenvalue weighted by molar-refractivity contribution is 5.62. The molecular weight excluding hydrogens is 250 g/mol. The van der Waals surface area contributed by atoms with Crippen LogP contribution in [0.3, 0.4) is 0 Å². The van der Waals surface area contributed by atoms with Gasteiger partial charge in [0.15, 0.2) is 5.82 Å². The molecule has 1 aliphatic carbocycles. The molecule has 0 unspecified atom stereocenters. The maximum absolute atomic E-state index is 5.91. The molecule has 1 aliphatic rings. The van der Waals surface area contributed by atoms with E-state index in [4.69, 9.17) is 5.73 Å². The van der Waals surface area contributed by atoms with Gasteiger partial charge in [-0.2, -0.15) is 0 Å². The summed E-state index contributed by atoms with van der Waals surface area (Å²) in [6, 6.07) is 5.97. The van der Waals surface area contributed by atoms with E-state index in [0.717, 1.165) is 35.1 Å². The summed E-state index contributed by atoms with van der Waals surface area (Å²) in [5.41, 5.74) is 8.80. The van der Waals surface area contributed by atoms with Crippen LogP contribution < -0.4 is 5.73 Å². The number of nitrogens with two attached hydrogens (primary N) is 1. The SMILES string of the molecule is Cc1cc(N)cc(-c2nnnn2CCC2CCCC2)c1. The van der Waals surface area contributed by atoms with Crippen molar-refractivity contribution in [3.05, 3.63) is 23.8 Å². The van der Waals surface area contributed by atoms with E-state index in [1.165, 1.54) is 32.1 Å². The van der Waals surface area contributed by atoms with Gasteiger partial charge in [0, 0.05) is 17.8 Å². The summed E-state index contributed by atoms with van der Waals surface area (Å²) in [7, 11) is 0. The van der Waals surface area contributed by atoms with Gasteiger partial charge in [-0.3, -0.25) is 0 Å². The van der Waals surface area contributed by atoms with Gasteiger partial charge >= 0.3 is 0 Å². The lowest BCUT2D eigenvalue weighted by atomic mass is 10.0. The van der Waals surface area contributed by atoms with Crippen molar-refractivity contribution >= 4 is 5.69 Å². The Morgan fingerprint density at radius 3 is 2.80 bits per heavy atom. The molecule has 2 N–H and O–H groups in total. The second-order valence-corrected chi connectivity index (χ2v) is 5.80. The average molecular weight is 271 g/mol. The van der Waals surface area contributed by atoms with E-state index in [-0.39, 0.29) is 0 Å². The zero-order valence-electron chi connectivity index (χ0n) is 11.9. The first-order valence-electron chi connectivity index (χ1n) is 7.36. The third kappa shape index (κ3) is 2.81. The molecule has 0 saturated heterocycles. The molecule has 5 heteroatoms. The molecule has 0 bridgehead atoms. The normalized spacial score (nSPS) is 15.8. The highest BCUT2D eigenvalue weighted by atomic mass is 15.5. The Morgan fingerprint density at radius 2 is 2.05 bits per heavy atom. The summed E-state index contributed by atoms with van der Waals surface area (Å²) in [5, 5.41) is 12.1. The Balaban J connectivity index is 1.78. The summed E-state index contributed by atoms with van der Waals surface area (Å²) in [4.78, 5) is 0. The number of aromatic nitrogens is 4. The fraction of sp³-hybridized carbons (Fsp3) is 0.533. The molecule has 0 amide bonds. The number of rotatable bonds is 4. The van der Waals surface area contributed by atoms with E-state index >= 15 is 0 Å². The maximum Gasteiger partial charge on any atom is 0.182 e. The van der Waals surface area contributed by atoms with Crippen LogP contribution in [-0.2, 0) is 6.54 Å². The van der Waals surface area contributed by atoms with Gasteiger partial charge in [0.05, 0.1) is 0 Å². The minimum absolute atomic E-state index is 0.755. The Morgan fingerprint density at radius 1 is 1.25 bits per heavy atom. The smallest absolute Gasteiger partial charge is 0.182 e. The molecule has 1 aromatic heterocycles. The fourth-order valence-electron chi connectivity index (χ4n) is 3.11. The van der Waals surface area contributed by atoms with E-state index in [9.17, 15) is 0 Å². The molecule has 0 spiro atoms. The number of nitrogens with zero attached hydrogens (tertiary/aromatic N) is 4. The standard InChI is InChI=1S/C15H21N5/c1-11-8-13(10-14(16)9-11)15-17-18-19-20(15)7-6-12-4-2-3-5-12/h8-10,12H,2-7,16H2,1H3. The molecule has 1 fully saturated rings. The number of hydrogen-bond donors (Lipinski definition) is 1. The fourth-order valence-corrected chi connectivity index (χ4v) is 3.11. The lowest BCUT2D eigenvalue weighted by Crippen LogP contribution is -2.07. The first-order valence-corrected chi connectivity index (χ1v) is 7.36. The van der Waals surface area contributed by atoms with Gasteiger partial charge in [-0.1, -0.05) is 25.7 Å². The van der Waals surface area contributed by atoms with Gasteiger partial charge in [-0.15, -0.1) is 5.10 Å². The lowest BCUT2D eigenvalue weighted by molar-refractivity contribution is 0.436. The molecule has 0 radical (unpaired) electrons. The topological polar surface area (TPSA) is 69.6 Å². The molecule has 0 atom stereocenters. The number of benzene rings is 1. The Kier molecular flexibility index (Phi) is 3.67. The van der Waals surface area contributed by atoms with Crippen molar-refractivity contribution in [1.29, 1.82) is 0 Å². The number of hydrogen-bond acceptors (Lipinski definition) is 4. The van der Waals surface area contributed by atoms with Crippen molar-refractivity contribution in [2.24, 2.45) is 5.92 Å². The molecule has 0 aliphatic heterocycles. The van der Waals surface area contributed by atoms with E-state index in [2.05, 4.69) is 21.6 Å². The zero-order chi connectivity index (χ0) is 13.9. The predicted octanol–water partition coefficient (Wildman–Crippen LogP) is 2.81. The zero-order valence-corrected chi connectivity index (χ0v) is 11.9. The molecule has 1 saturated carbocycles. The Hall–Kier alpha value is -1.91. The second kappa shape index (κ2) is 5.61. The summed E-state index contributed by atoms with van der Waals surface area (Å²) >= 11 is 0. The third-order valence-electron chi connectivity index (χ3n) is 4.11. The summed E-state index contributed by atoms with van der Waals surface area (Å²) in [5.74, 6) is 1.66. The van der Waals surface area contributed by atoms with Crippen molar-refractivity contribution in [1.82, 2.24) is 20.2 Å². The van der Waals surface area contributed by atoms with E-state index < -0.39 is 0 Å². The molecule has 5 nitrogen and oxygen atoms in total. The lowest BCUT2D eigenvalue weighted by Gasteiger charge is -2.10. The Labute approximate surface area is 119 Å². The minimum Gasteiger partial charge on any atom is -0.399 e. The number of anilines is 1. The Bertz CT molecular complexity index is 563. The highest BCUT2D eigenvalue weighted by Gasteiger charge is 2.16. The van der Waals surface area contributed by atoms with E-state index in [1.807, 2.05) is 23.7 Å². The maximum atomic E-state index is 5.91. The van der Waals surface area contributed by atoms with Crippen molar-refractivity contribution in [3.63, 3.8) is 0 Å². The molecule has 2 aromatic rings. The number of tetrazole rings is 1. The van der Waals surface area contributed by atoms with Crippen LogP contribution in [0.5, 0.6) is 0 Å². The van der Waals surface area contributed by atoms with E-state index in [1.54, 1.807) is 0 Å². The largest absolute Gasteiger partial charge is 0.399 e. The molecule has 20 heavy (non-hydrogen) atoms. The van der Waals surface area contributed by atoms with Gasteiger partial charge in [0.2, 0.25) is 0 Å². The van der Waals surface area contributed by atoms with Crippen LogP contribution in [0.1, 0.15) is 37.7 Å². The predicted molar refractivity (Wildman–Crippen MR) is 79.0 cm³/mol. The van der Waals surface area contributed by atoms with Crippen LogP contribution in [-0.4, -0.2) is 20.2 Å². The molecule has 1 heterocycles. The van der Waals surface area contributed by atoms with E-state index in [0.29, 0.717) is 0 Å². The second-order valence-electron chi connectivity index (χ2n) is 5.80. The van der Waals surface area contributed by atoms with Crippen LogP contribution in [0.2, 0.25) is 0 Å². The van der Waals surface area contributed by atoms with Crippen LogP contribution in [0.15, 0.2) is 18.2 Å². The molecule has 1 aromatic carbocycles. The van der Waals surface area contributed by atoms with Gasteiger partial charge < -0.3 is 5.73 Å². The van der Waals surface area contributed by atoms with Crippen LogP contribution in [0.4, 0.5) is 5.69 Å². The van der Waals surface area contributed by atoms with Gasteiger partial charge in [0.25, 0.3) is 0 Å². The van der Waals surface area contributed by atoms with Crippen LogP contribution in [0.25, 0.3) is 11.4 Å². The quantitative estimate of drug-likeness (QED) is 0.868. The molecular formula is C15H21N5. The molecule has 3 rings (SSSR count). The van der Waals surface area contributed by atoms with Crippen LogP contribution in [0, 0.1) is 12.8 Å². The summed E-state index contributed by atoms with van der Waals surface area (Å²) < 4.78 is 1.91. The first-order chi connectivity index (χ1) is 9.72. The average Bonchev–Trinajstić information content (AvgIpc) is 3.06. The highest BCUT2D eigenvalue weighted by Crippen LogP contribution is 2.28. The van der Waals surface area contributed by atoms with Crippen molar-refractivity contribution in [3.8, 4) is 11.4 Å². The summed E-state index contributed by atoms with van der Waals surface area (Å²) in [6.45, 7) is 2.92. The van der Waals surface area contributed by atoms with Gasteiger partial charge in [0.1, 0.15) is 0 Å². The molecule has 106 valence electrons. The number of nitrogen functional groups attached to an aromatic ring is 1. The van der Waals surface area contributed by atoms with Crippen molar-refractivity contribution < 1.29 is 0 Å². The van der Waals surface area contributed by atoms with Crippen molar-refractivity contribution in [2.75, 3.05) is 5.73 Å². The van der Waals surface area contributed by atoms with Gasteiger partial charge in [-0.25, -0.2) is 4.68 Å².